The van der Waals surface area contributed by atoms with Crippen molar-refractivity contribution in [3.05, 3.63) is 35.9 Å². The predicted molar refractivity (Wildman–Crippen MR) is 92.1 cm³/mol. The van der Waals surface area contributed by atoms with Crippen molar-refractivity contribution in [3.63, 3.8) is 0 Å². The van der Waals surface area contributed by atoms with Crippen molar-refractivity contribution >= 4 is 34.1 Å². The second kappa shape index (κ2) is 9.55. The summed E-state index contributed by atoms with van der Waals surface area (Å²) in [6.07, 6.45) is 3.31. The normalized spacial score (nSPS) is 10.6. The summed E-state index contributed by atoms with van der Waals surface area (Å²) in [6.45, 7) is 0.681. The predicted octanol–water partition coefficient (Wildman–Crippen LogP) is 3.29. The van der Waals surface area contributed by atoms with Crippen molar-refractivity contribution in [3.8, 4) is 0 Å². The van der Waals surface area contributed by atoms with Crippen molar-refractivity contribution in [1.82, 2.24) is 10.2 Å². The summed E-state index contributed by atoms with van der Waals surface area (Å²) in [5.41, 5.74) is 6.67. The van der Waals surface area contributed by atoms with Crippen LogP contribution in [0.25, 0.3) is 0 Å². The van der Waals surface area contributed by atoms with Gasteiger partial charge in [-0.15, -0.1) is 10.2 Å². The number of carbonyl (C=O) groups excluding carboxylic acids is 1. The standard InChI is InChI=1S/C15H20N4OS2/c16-10-6-2-5-9-13(20)17-14-18-19-15(22-14)21-11-12-7-3-1-4-8-12/h1,3-4,7-8H,2,5-6,9-11,16H2,(H,17,18,20). The maximum Gasteiger partial charge on any atom is 0.226 e. The number of thioether (sulfide) groups is 1. The number of nitrogens with zero attached hydrogens (tertiary/aromatic N) is 2. The smallest absolute Gasteiger partial charge is 0.226 e. The average molecular weight is 336 g/mol. The lowest BCUT2D eigenvalue weighted by molar-refractivity contribution is -0.116. The Hall–Kier alpha value is -1.44. The number of benzene rings is 1. The Morgan fingerprint density at radius 3 is 2.77 bits per heavy atom. The van der Waals surface area contributed by atoms with E-state index in [-0.39, 0.29) is 5.91 Å². The van der Waals surface area contributed by atoms with Crippen molar-refractivity contribution in [1.29, 1.82) is 0 Å². The van der Waals surface area contributed by atoms with Crippen LogP contribution in [0, 0.1) is 0 Å². The van der Waals surface area contributed by atoms with E-state index in [0.717, 1.165) is 29.4 Å². The van der Waals surface area contributed by atoms with E-state index in [0.29, 0.717) is 18.1 Å². The zero-order valence-corrected chi connectivity index (χ0v) is 14.0. The van der Waals surface area contributed by atoms with Crippen LogP contribution >= 0.6 is 23.1 Å². The molecule has 1 aromatic carbocycles. The Labute approximate surface area is 138 Å². The summed E-state index contributed by atoms with van der Waals surface area (Å²) in [6, 6.07) is 10.2. The maximum atomic E-state index is 11.8. The van der Waals surface area contributed by atoms with Crippen LogP contribution in [0.1, 0.15) is 31.2 Å². The van der Waals surface area contributed by atoms with E-state index in [4.69, 9.17) is 5.73 Å². The van der Waals surface area contributed by atoms with Crippen LogP contribution in [0.15, 0.2) is 34.7 Å². The van der Waals surface area contributed by atoms with Crippen molar-refractivity contribution in [2.45, 2.75) is 35.8 Å². The third-order valence-corrected chi connectivity index (χ3v) is 5.01. The number of hydrogen-bond donors (Lipinski definition) is 2. The maximum absolute atomic E-state index is 11.8. The average Bonchev–Trinajstić information content (AvgIpc) is 2.98. The third kappa shape index (κ3) is 6.13. The van der Waals surface area contributed by atoms with Crippen molar-refractivity contribution in [2.75, 3.05) is 11.9 Å². The van der Waals surface area contributed by atoms with Gasteiger partial charge in [-0.2, -0.15) is 0 Å². The molecule has 5 nitrogen and oxygen atoms in total. The number of rotatable bonds is 9. The molecule has 0 saturated carbocycles. The lowest BCUT2D eigenvalue weighted by Gasteiger charge is -2.00. The van der Waals surface area contributed by atoms with E-state index in [9.17, 15) is 4.79 Å². The molecule has 0 aliphatic rings. The molecule has 0 bridgehead atoms. The molecule has 2 rings (SSSR count). The molecule has 0 aliphatic heterocycles. The number of carbonyl (C=O) groups is 1. The van der Waals surface area contributed by atoms with Crippen LogP contribution in [0.3, 0.4) is 0 Å². The van der Waals surface area contributed by atoms with Gasteiger partial charge in [-0.25, -0.2) is 0 Å². The van der Waals surface area contributed by atoms with Gasteiger partial charge in [-0.1, -0.05) is 59.9 Å². The van der Waals surface area contributed by atoms with E-state index in [2.05, 4.69) is 27.6 Å². The highest BCUT2D eigenvalue weighted by molar-refractivity contribution is 8.00. The Bertz CT molecular complexity index is 574. The Morgan fingerprint density at radius 2 is 2.00 bits per heavy atom. The summed E-state index contributed by atoms with van der Waals surface area (Å²) in [5, 5.41) is 11.5. The van der Waals surface area contributed by atoms with Gasteiger partial charge in [0.05, 0.1) is 0 Å². The van der Waals surface area contributed by atoms with E-state index >= 15 is 0 Å². The van der Waals surface area contributed by atoms with E-state index in [1.165, 1.54) is 16.9 Å². The molecule has 22 heavy (non-hydrogen) atoms. The first-order valence-electron chi connectivity index (χ1n) is 7.28. The highest BCUT2D eigenvalue weighted by Gasteiger charge is 2.08. The number of amides is 1. The molecule has 3 N–H and O–H groups in total. The van der Waals surface area contributed by atoms with Crippen LogP contribution in [-0.4, -0.2) is 22.6 Å². The third-order valence-electron chi connectivity index (χ3n) is 2.97. The first-order chi connectivity index (χ1) is 10.8. The first-order valence-corrected chi connectivity index (χ1v) is 9.08. The van der Waals surface area contributed by atoms with E-state index in [1.807, 2.05) is 18.2 Å². The molecule has 0 radical (unpaired) electrons. The van der Waals surface area contributed by atoms with Gasteiger partial charge in [0.25, 0.3) is 0 Å². The van der Waals surface area contributed by atoms with Crippen molar-refractivity contribution < 1.29 is 4.79 Å². The first kappa shape index (κ1) is 16.9. The van der Waals surface area contributed by atoms with Crippen LogP contribution in [-0.2, 0) is 10.5 Å². The van der Waals surface area contributed by atoms with E-state index in [1.54, 1.807) is 11.8 Å². The molecule has 2 aromatic rings. The number of unbranched alkanes of at least 4 members (excludes halogenated alkanes) is 2. The SMILES string of the molecule is NCCCCCC(=O)Nc1nnc(SCc2ccccc2)s1. The number of nitrogens with one attached hydrogen (secondary N) is 1. The Kier molecular flexibility index (Phi) is 7.35. The summed E-state index contributed by atoms with van der Waals surface area (Å²) in [4.78, 5) is 11.8. The van der Waals surface area contributed by atoms with Crippen LogP contribution in [0.5, 0.6) is 0 Å². The molecule has 1 heterocycles. The van der Waals surface area contributed by atoms with Crippen LogP contribution in [0.4, 0.5) is 5.13 Å². The van der Waals surface area contributed by atoms with Gasteiger partial charge in [0.1, 0.15) is 0 Å². The molecule has 0 aliphatic carbocycles. The molecule has 0 unspecified atom stereocenters. The number of anilines is 1. The van der Waals surface area contributed by atoms with Gasteiger partial charge in [0, 0.05) is 12.2 Å². The molecular weight excluding hydrogens is 316 g/mol. The summed E-state index contributed by atoms with van der Waals surface area (Å²) in [7, 11) is 0. The van der Waals surface area contributed by atoms with Crippen LogP contribution < -0.4 is 11.1 Å². The number of hydrogen-bond acceptors (Lipinski definition) is 6. The minimum atomic E-state index is -0.00668. The second-order valence-corrected chi connectivity index (χ2v) is 6.99. The quantitative estimate of drug-likeness (QED) is 0.417. The largest absolute Gasteiger partial charge is 0.330 e. The fourth-order valence-corrected chi connectivity index (χ4v) is 3.55. The van der Waals surface area contributed by atoms with Crippen LogP contribution in [0.2, 0.25) is 0 Å². The van der Waals surface area contributed by atoms with Gasteiger partial charge in [0.2, 0.25) is 11.0 Å². The molecule has 0 saturated heterocycles. The zero-order chi connectivity index (χ0) is 15.6. The number of aromatic nitrogens is 2. The topological polar surface area (TPSA) is 80.9 Å². The molecule has 1 amide bonds. The molecule has 118 valence electrons. The summed E-state index contributed by atoms with van der Waals surface area (Å²) in [5.74, 6) is 0.843. The highest BCUT2D eigenvalue weighted by atomic mass is 32.2. The van der Waals surface area contributed by atoms with Crippen molar-refractivity contribution in [2.24, 2.45) is 5.73 Å². The molecule has 7 heteroatoms. The zero-order valence-electron chi connectivity index (χ0n) is 12.3. The molecule has 0 atom stereocenters. The highest BCUT2D eigenvalue weighted by Crippen LogP contribution is 2.28. The number of nitrogens with two attached hydrogens (primary N) is 1. The molecular formula is C15H20N4OS2. The second-order valence-electron chi connectivity index (χ2n) is 4.79. The minimum absolute atomic E-state index is 0.00668. The summed E-state index contributed by atoms with van der Waals surface area (Å²) >= 11 is 3.04. The van der Waals surface area contributed by atoms with Gasteiger partial charge >= 0.3 is 0 Å². The monoisotopic (exact) mass is 336 g/mol. The van der Waals surface area contributed by atoms with Gasteiger partial charge in [-0.05, 0) is 24.9 Å². The fourth-order valence-electron chi connectivity index (χ4n) is 1.83. The minimum Gasteiger partial charge on any atom is -0.330 e. The summed E-state index contributed by atoms with van der Waals surface area (Å²) < 4.78 is 0.863. The fraction of sp³-hybridized carbons (Fsp3) is 0.400. The van der Waals surface area contributed by atoms with E-state index < -0.39 is 0 Å². The Morgan fingerprint density at radius 1 is 1.18 bits per heavy atom. The lowest BCUT2D eigenvalue weighted by Crippen LogP contribution is -2.11. The van der Waals surface area contributed by atoms with Gasteiger partial charge < -0.3 is 11.1 Å². The lowest BCUT2D eigenvalue weighted by atomic mass is 10.2. The Balaban J connectivity index is 1.73. The molecule has 0 spiro atoms. The van der Waals surface area contributed by atoms with Gasteiger partial charge in [0.15, 0.2) is 4.34 Å². The van der Waals surface area contributed by atoms with Gasteiger partial charge in [-0.3, -0.25) is 4.79 Å². The molecule has 1 aromatic heterocycles. The molecule has 0 fully saturated rings.